The number of rotatable bonds is 6. The summed E-state index contributed by atoms with van der Waals surface area (Å²) in [5, 5.41) is 12.4. The maximum absolute atomic E-state index is 8.99. The Hall–Kier alpha value is -1.35. The molecule has 2 rings (SSSR count). The van der Waals surface area contributed by atoms with Gasteiger partial charge in [-0.15, -0.1) is 0 Å². The summed E-state index contributed by atoms with van der Waals surface area (Å²) in [6, 6.07) is 8.68. The van der Waals surface area contributed by atoms with E-state index in [9.17, 15) is 0 Å². The lowest BCUT2D eigenvalue weighted by molar-refractivity contribution is -0.0657. The van der Waals surface area contributed by atoms with Crippen LogP contribution in [-0.4, -0.2) is 17.5 Å². The van der Waals surface area contributed by atoms with Crippen LogP contribution in [0.25, 0.3) is 0 Å². The van der Waals surface area contributed by atoms with Crippen LogP contribution in [0.15, 0.2) is 29.4 Å². The Bertz CT molecular complexity index is 472. The van der Waals surface area contributed by atoms with Crippen molar-refractivity contribution in [2.24, 2.45) is 5.16 Å². The van der Waals surface area contributed by atoms with Crippen LogP contribution in [0.5, 0.6) is 0 Å². The van der Waals surface area contributed by atoms with Crippen LogP contribution in [0.1, 0.15) is 63.5 Å². The molecule has 0 unspecified atom stereocenters. The molecule has 1 N–H and O–H groups in total. The molecule has 0 spiro atoms. The van der Waals surface area contributed by atoms with Crippen LogP contribution in [0.3, 0.4) is 0 Å². The maximum atomic E-state index is 8.99. The van der Waals surface area contributed by atoms with Gasteiger partial charge in [0.1, 0.15) is 0 Å². The molecule has 21 heavy (non-hydrogen) atoms. The highest BCUT2D eigenvalue weighted by Gasteiger charge is 2.38. The molecule has 1 saturated carbocycles. The topological polar surface area (TPSA) is 41.8 Å². The van der Waals surface area contributed by atoms with Gasteiger partial charge in [0.25, 0.3) is 0 Å². The Morgan fingerprint density at radius 2 is 1.86 bits per heavy atom. The molecule has 0 atom stereocenters. The van der Waals surface area contributed by atoms with E-state index in [4.69, 9.17) is 9.94 Å². The van der Waals surface area contributed by atoms with Crippen molar-refractivity contribution in [1.82, 2.24) is 0 Å². The number of oxime groups is 1. The summed E-state index contributed by atoms with van der Waals surface area (Å²) >= 11 is 0. The first kappa shape index (κ1) is 16.0. The van der Waals surface area contributed by atoms with Crippen LogP contribution < -0.4 is 0 Å². The molecule has 116 valence electrons. The molecule has 1 aliphatic rings. The minimum absolute atomic E-state index is 0.198. The lowest BCUT2D eigenvalue weighted by Gasteiger charge is -2.39. The number of nitrogens with zero attached hydrogens (tertiary/aromatic N) is 1. The molecule has 0 bridgehead atoms. The first-order chi connectivity index (χ1) is 10.3. The van der Waals surface area contributed by atoms with E-state index in [1.165, 1.54) is 11.1 Å². The molecule has 1 aromatic rings. The lowest BCUT2D eigenvalue weighted by atomic mass is 9.76. The molecular weight excluding hydrogens is 262 g/mol. The fraction of sp³-hybridized carbons (Fsp3) is 0.611. The van der Waals surface area contributed by atoms with E-state index in [1.807, 2.05) is 0 Å². The van der Waals surface area contributed by atoms with Gasteiger partial charge in [-0.25, -0.2) is 0 Å². The molecule has 0 saturated heterocycles. The quantitative estimate of drug-likeness (QED) is 0.611. The Labute approximate surface area is 128 Å². The number of aryl methyl sites for hydroxylation is 1. The summed E-state index contributed by atoms with van der Waals surface area (Å²) in [5.41, 5.74) is 3.45. The molecule has 0 aliphatic heterocycles. The molecule has 0 aromatic heterocycles. The Kier molecular flexibility index (Phi) is 5.80. The fourth-order valence-corrected chi connectivity index (χ4v) is 3.28. The van der Waals surface area contributed by atoms with Crippen LogP contribution in [0.2, 0.25) is 0 Å². The molecule has 1 aliphatic carbocycles. The first-order valence-corrected chi connectivity index (χ1v) is 8.18. The monoisotopic (exact) mass is 289 g/mol. The molecule has 0 heterocycles. The zero-order chi connectivity index (χ0) is 15.1. The largest absolute Gasteiger partial charge is 0.411 e. The zero-order valence-corrected chi connectivity index (χ0v) is 13.3. The normalized spacial score (nSPS) is 22.3. The second-order valence-corrected chi connectivity index (χ2v) is 5.92. The highest BCUT2D eigenvalue weighted by Crippen LogP contribution is 2.41. The molecule has 1 aromatic carbocycles. The summed E-state index contributed by atoms with van der Waals surface area (Å²) in [6.45, 7) is 5.15. The first-order valence-electron chi connectivity index (χ1n) is 8.18. The van der Waals surface area contributed by atoms with Gasteiger partial charge in [0.2, 0.25) is 0 Å². The Morgan fingerprint density at radius 3 is 2.48 bits per heavy atom. The third kappa shape index (κ3) is 3.65. The van der Waals surface area contributed by atoms with Crippen molar-refractivity contribution in [3.63, 3.8) is 0 Å². The van der Waals surface area contributed by atoms with Gasteiger partial charge in [0.05, 0.1) is 11.3 Å². The highest BCUT2D eigenvalue weighted by atomic mass is 16.5. The third-order valence-corrected chi connectivity index (χ3v) is 4.39. The van der Waals surface area contributed by atoms with Crippen molar-refractivity contribution < 1.29 is 9.94 Å². The zero-order valence-electron chi connectivity index (χ0n) is 13.3. The lowest BCUT2D eigenvalue weighted by Crippen LogP contribution is -2.36. The molecule has 1 fully saturated rings. The molecular formula is C18H27NO2. The highest BCUT2D eigenvalue weighted by molar-refractivity contribution is 5.84. The van der Waals surface area contributed by atoms with Crippen LogP contribution >= 0.6 is 0 Å². The van der Waals surface area contributed by atoms with Gasteiger partial charge >= 0.3 is 0 Å². The standard InChI is InChI=1S/C18H27NO2/c1-3-7-15-8-5-6-9-17(15)18(21-14-4-2)12-10-16(19-20)11-13-18/h5-6,8-9,20H,3-4,7,10-14H2,1-2H3. The van der Waals surface area contributed by atoms with Gasteiger partial charge in [-0.3, -0.25) is 0 Å². The van der Waals surface area contributed by atoms with E-state index < -0.39 is 0 Å². The summed E-state index contributed by atoms with van der Waals surface area (Å²) in [4.78, 5) is 0. The maximum Gasteiger partial charge on any atom is 0.0941 e. The smallest absolute Gasteiger partial charge is 0.0941 e. The van der Waals surface area contributed by atoms with Crippen molar-refractivity contribution in [2.45, 2.75) is 64.4 Å². The third-order valence-electron chi connectivity index (χ3n) is 4.39. The summed E-state index contributed by atoms with van der Waals surface area (Å²) in [7, 11) is 0. The van der Waals surface area contributed by atoms with Crippen molar-refractivity contribution in [1.29, 1.82) is 0 Å². The number of hydrogen-bond donors (Lipinski definition) is 1. The van der Waals surface area contributed by atoms with Crippen molar-refractivity contribution >= 4 is 5.71 Å². The van der Waals surface area contributed by atoms with Gasteiger partial charge in [-0.05, 0) is 49.7 Å². The predicted octanol–water partition coefficient (Wildman–Crippen LogP) is 4.67. The summed E-state index contributed by atoms with van der Waals surface area (Å²) in [6.07, 6.45) is 6.72. The van der Waals surface area contributed by atoms with E-state index in [0.29, 0.717) is 0 Å². The van der Waals surface area contributed by atoms with Crippen molar-refractivity contribution in [2.75, 3.05) is 6.61 Å². The Morgan fingerprint density at radius 1 is 1.14 bits per heavy atom. The van der Waals surface area contributed by atoms with Gasteiger partial charge in [0.15, 0.2) is 0 Å². The minimum atomic E-state index is -0.198. The van der Waals surface area contributed by atoms with Gasteiger partial charge in [-0.2, -0.15) is 0 Å². The van der Waals surface area contributed by atoms with E-state index in [0.717, 1.165) is 57.3 Å². The Balaban J connectivity index is 2.32. The van der Waals surface area contributed by atoms with Crippen LogP contribution in [0, 0.1) is 0 Å². The van der Waals surface area contributed by atoms with Gasteiger partial charge in [0, 0.05) is 6.61 Å². The van der Waals surface area contributed by atoms with Gasteiger partial charge in [-0.1, -0.05) is 49.7 Å². The van der Waals surface area contributed by atoms with Crippen molar-refractivity contribution in [3.05, 3.63) is 35.4 Å². The average molecular weight is 289 g/mol. The second kappa shape index (κ2) is 7.60. The van der Waals surface area contributed by atoms with Crippen LogP contribution in [-0.2, 0) is 16.8 Å². The summed E-state index contributed by atoms with van der Waals surface area (Å²) < 4.78 is 6.35. The summed E-state index contributed by atoms with van der Waals surface area (Å²) in [5.74, 6) is 0. The minimum Gasteiger partial charge on any atom is -0.411 e. The number of hydrogen-bond acceptors (Lipinski definition) is 3. The van der Waals surface area contributed by atoms with Gasteiger partial charge < -0.3 is 9.94 Å². The fourth-order valence-electron chi connectivity index (χ4n) is 3.28. The average Bonchev–Trinajstić information content (AvgIpc) is 2.54. The van der Waals surface area contributed by atoms with E-state index >= 15 is 0 Å². The van der Waals surface area contributed by atoms with E-state index in [1.54, 1.807) is 0 Å². The van der Waals surface area contributed by atoms with Crippen LogP contribution in [0.4, 0.5) is 0 Å². The predicted molar refractivity (Wildman–Crippen MR) is 86.0 cm³/mol. The number of benzene rings is 1. The SMILES string of the molecule is CCCOC1(c2ccccc2CCC)CCC(=NO)CC1. The molecule has 3 nitrogen and oxygen atoms in total. The van der Waals surface area contributed by atoms with E-state index in [2.05, 4.69) is 43.3 Å². The van der Waals surface area contributed by atoms with Crippen molar-refractivity contribution in [3.8, 4) is 0 Å². The van der Waals surface area contributed by atoms with E-state index in [-0.39, 0.29) is 5.60 Å². The molecule has 0 radical (unpaired) electrons. The second-order valence-electron chi connectivity index (χ2n) is 5.92. The molecule has 3 heteroatoms. The molecule has 0 amide bonds. The number of ether oxygens (including phenoxy) is 1.